The number of amidine groups is 1. The van der Waals surface area contributed by atoms with E-state index >= 15 is 0 Å². The first-order valence-electron chi connectivity index (χ1n) is 8.27. The minimum absolute atomic E-state index is 0.0401. The Hall–Kier alpha value is -1.90. The lowest BCUT2D eigenvalue weighted by Gasteiger charge is -2.28. The highest BCUT2D eigenvalue weighted by Crippen LogP contribution is 2.40. The highest BCUT2D eigenvalue weighted by atomic mass is 79.9. The van der Waals surface area contributed by atoms with E-state index in [1.54, 1.807) is 23.9 Å². The lowest BCUT2D eigenvalue weighted by Crippen LogP contribution is -2.46. The lowest BCUT2D eigenvalue weighted by atomic mass is 10.0. The maximum atomic E-state index is 11.7. The molecule has 0 saturated carbocycles. The first-order chi connectivity index (χ1) is 12.5. The van der Waals surface area contributed by atoms with Crippen LogP contribution in [-0.4, -0.2) is 38.6 Å². The average Bonchev–Trinajstić information content (AvgIpc) is 2.95. The molecule has 0 spiro atoms. The van der Waals surface area contributed by atoms with Crippen LogP contribution in [0.15, 0.2) is 53.0 Å². The Morgan fingerprint density at radius 1 is 1.19 bits per heavy atom. The summed E-state index contributed by atoms with van der Waals surface area (Å²) in [6.45, 7) is 1.36. The van der Waals surface area contributed by atoms with Gasteiger partial charge in [0, 0.05) is 27.9 Å². The van der Waals surface area contributed by atoms with Crippen LogP contribution in [0.2, 0.25) is 0 Å². The molecular formula is C18H17BrN3O3S+. The van der Waals surface area contributed by atoms with Gasteiger partial charge in [0.1, 0.15) is 5.69 Å². The van der Waals surface area contributed by atoms with Crippen LogP contribution in [0.25, 0.3) is 0 Å². The standard InChI is InChI=1S/C18H17BrN3O3S/c19-14-4-2-13(3-5-14)18(23)12-20-10-1-11-26-17(20)21(18)15-6-8-16(9-7-15)22(24)25/h2-9,23H,1,10-12H2/q+1. The molecule has 0 radical (unpaired) electrons. The molecule has 0 saturated heterocycles. The van der Waals surface area contributed by atoms with Crippen LogP contribution in [0.1, 0.15) is 12.0 Å². The van der Waals surface area contributed by atoms with Gasteiger partial charge in [0.25, 0.3) is 11.4 Å². The maximum Gasteiger partial charge on any atom is 0.316 e. The fraction of sp³-hybridized carbons (Fsp3) is 0.278. The first-order valence-corrected chi connectivity index (χ1v) is 10.0. The molecule has 1 N–H and O–H groups in total. The van der Waals surface area contributed by atoms with E-state index in [1.807, 2.05) is 29.2 Å². The van der Waals surface area contributed by atoms with Crippen molar-refractivity contribution < 1.29 is 14.6 Å². The van der Waals surface area contributed by atoms with E-state index in [0.29, 0.717) is 6.54 Å². The van der Waals surface area contributed by atoms with Gasteiger partial charge in [-0.1, -0.05) is 28.1 Å². The molecule has 1 atom stereocenters. The normalized spacial score (nSPS) is 22.5. The predicted molar refractivity (Wildman–Crippen MR) is 106 cm³/mol. The molecule has 0 fully saturated rings. The fourth-order valence-corrected chi connectivity index (χ4v) is 4.88. The zero-order chi connectivity index (χ0) is 18.3. The second kappa shape index (κ2) is 6.68. The summed E-state index contributed by atoms with van der Waals surface area (Å²) < 4.78 is 3.14. The van der Waals surface area contributed by atoms with Crippen molar-refractivity contribution in [1.82, 2.24) is 0 Å². The van der Waals surface area contributed by atoms with Crippen LogP contribution in [-0.2, 0) is 5.72 Å². The van der Waals surface area contributed by atoms with Crippen molar-refractivity contribution >= 4 is 44.2 Å². The number of nitro benzene ring substituents is 1. The fourth-order valence-electron chi connectivity index (χ4n) is 3.44. The Morgan fingerprint density at radius 2 is 1.88 bits per heavy atom. The molecule has 0 aromatic heterocycles. The smallest absolute Gasteiger partial charge is 0.316 e. The van der Waals surface area contributed by atoms with Crippen LogP contribution in [0.4, 0.5) is 11.4 Å². The number of rotatable bonds is 3. The van der Waals surface area contributed by atoms with Crippen molar-refractivity contribution in [2.24, 2.45) is 0 Å². The van der Waals surface area contributed by atoms with E-state index < -0.39 is 10.6 Å². The van der Waals surface area contributed by atoms with Gasteiger partial charge < -0.3 is 5.11 Å². The number of nitro groups is 1. The maximum absolute atomic E-state index is 11.7. The molecule has 4 rings (SSSR count). The molecular weight excluding hydrogens is 418 g/mol. The van der Waals surface area contributed by atoms with E-state index in [0.717, 1.165) is 39.6 Å². The monoisotopic (exact) mass is 434 g/mol. The van der Waals surface area contributed by atoms with Gasteiger partial charge >= 0.3 is 5.17 Å². The predicted octanol–water partition coefficient (Wildman–Crippen LogP) is 3.53. The number of nitrogens with zero attached hydrogens (tertiary/aromatic N) is 3. The Morgan fingerprint density at radius 3 is 2.54 bits per heavy atom. The Kier molecular flexibility index (Phi) is 4.50. The van der Waals surface area contributed by atoms with Crippen LogP contribution < -0.4 is 4.90 Å². The van der Waals surface area contributed by atoms with E-state index in [9.17, 15) is 15.2 Å². The number of hydrogen-bond acceptors (Lipinski definition) is 5. The molecule has 134 valence electrons. The van der Waals surface area contributed by atoms with Gasteiger partial charge in [-0.15, -0.1) is 0 Å². The SMILES string of the molecule is O=[N+]([O-])c1ccc(N2C3=[N+](CCCS3)CC2(O)c2ccc(Br)cc2)cc1. The molecule has 26 heavy (non-hydrogen) atoms. The minimum Gasteiger partial charge on any atom is -0.346 e. The van der Waals surface area contributed by atoms with Gasteiger partial charge in [0.2, 0.25) is 0 Å². The van der Waals surface area contributed by atoms with Gasteiger partial charge in [-0.2, -0.15) is 4.90 Å². The van der Waals surface area contributed by atoms with E-state index in [2.05, 4.69) is 20.5 Å². The summed E-state index contributed by atoms with van der Waals surface area (Å²) in [4.78, 5) is 12.5. The molecule has 2 aliphatic rings. The molecule has 0 amide bonds. The van der Waals surface area contributed by atoms with Crippen molar-refractivity contribution in [2.45, 2.75) is 12.1 Å². The summed E-state index contributed by atoms with van der Waals surface area (Å²) in [6.07, 6.45) is 1.07. The summed E-state index contributed by atoms with van der Waals surface area (Å²) in [7, 11) is 0. The zero-order valence-electron chi connectivity index (χ0n) is 13.8. The molecule has 1 unspecified atom stereocenters. The topological polar surface area (TPSA) is 69.6 Å². The van der Waals surface area contributed by atoms with Crippen molar-refractivity contribution in [3.63, 3.8) is 0 Å². The number of anilines is 1. The third kappa shape index (κ3) is 2.91. The largest absolute Gasteiger partial charge is 0.346 e. The minimum atomic E-state index is -1.22. The molecule has 2 aliphatic heterocycles. The molecule has 2 heterocycles. The van der Waals surface area contributed by atoms with Crippen LogP contribution in [0.5, 0.6) is 0 Å². The highest BCUT2D eigenvalue weighted by Gasteiger charge is 2.55. The van der Waals surface area contributed by atoms with Gasteiger partial charge in [-0.3, -0.25) is 10.1 Å². The number of non-ortho nitro benzene ring substituents is 1. The quantitative estimate of drug-likeness (QED) is 0.454. The number of thioether (sulfide) groups is 1. The van der Waals surface area contributed by atoms with Crippen LogP contribution >= 0.6 is 27.7 Å². The van der Waals surface area contributed by atoms with E-state index in [1.165, 1.54) is 12.1 Å². The second-order valence-electron chi connectivity index (χ2n) is 6.34. The van der Waals surface area contributed by atoms with Crippen molar-refractivity contribution in [2.75, 3.05) is 23.7 Å². The molecule has 6 nitrogen and oxygen atoms in total. The van der Waals surface area contributed by atoms with E-state index in [-0.39, 0.29) is 5.69 Å². The third-order valence-electron chi connectivity index (χ3n) is 4.67. The van der Waals surface area contributed by atoms with Gasteiger partial charge in [-0.05, 0) is 42.4 Å². The number of benzene rings is 2. The van der Waals surface area contributed by atoms with Gasteiger partial charge in [0.05, 0.1) is 11.5 Å². The Bertz CT molecular complexity index is 886. The van der Waals surface area contributed by atoms with E-state index in [4.69, 9.17) is 0 Å². The first kappa shape index (κ1) is 17.5. The van der Waals surface area contributed by atoms with Crippen molar-refractivity contribution in [1.29, 1.82) is 0 Å². The average molecular weight is 435 g/mol. The summed E-state index contributed by atoms with van der Waals surface area (Å²) in [6, 6.07) is 14.0. The van der Waals surface area contributed by atoms with Crippen molar-refractivity contribution in [3.8, 4) is 0 Å². The Balaban J connectivity index is 1.81. The summed E-state index contributed by atoms with van der Waals surface area (Å²) in [5.74, 6) is 0.992. The molecule has 0 aliphatic carbocycles. The molecule has 0 bridgehead atoms. The second-order valence-corrected chi connectivity index (χ2v) is 8.32. The van der Waals surface area contributed by atoms with Crippen LogP contribution in [0.3, 0.4) is 0 Å². The molecule has 2 aromatic carbocycles. The third-order valence-corrected chi connectivity index (χ3v) is 6.39. The molecule has 8 heteroatoms. The highest BCUT2D eigenvalue weighted by molar-refractivity contribution is 9.10. The lowest BCUT2D eigenvalue weighted by molar-refractivity contribution is -0.532. The summed E-state index contributed by atoms with van der Waals surface area (Å²) in [5.41, 5.74) is 0.358. The summed E-state index contributed by atoms with van der Waals surface area (Å²) in [5, 5.41) is 23.6. The number of aliphatic hydroxyl groups is 1. The molecule has 2 aromatic rings. The van der Waals surface area contributed by atoms with Gasteiger partial charge in [0.15, 0.2) is 6.54 Å². The zero-order valence-corrected chi connectivity index (χ0v) is 16.2. The number of hydrogen-bond donors (Lipinski definition) is 1. The van der Waals surface area contributed by atoms with Crippen molar-refractivity contribution in [3.05, 3.63) is 68.7 Å². The van der Waals surface area contributed by atoms with Gasteiger partial charge in [-0.25, -0.2) is 4.58 Å². The summed E-state index contributed by atoms with van der Waals surface area (Å²) >= 11 is 5.15. The number of halogens is 1. The van der Waals surface area contributed by atoms with Crippen LogP contribution in [0, 0.1) is 10.1 Å². The Labute approximate surface area is 163 Å².